The molecule has 10 aromatic rings. The zero-order valence-electron chi connectivity index (χ0n) is 56.5. The molecule has 0 aliphatic heterocycles. The maximum atomic E-state index is 10.0. The monoisotopic (exact) mass is 679 g/mol. The number of nitrogens with zero attached hydrogens (tertiary/aromatic N) is 2. The molecule has 1 atom stereocenters. The van der Waals surface area contributed by atoms with Gasteiger partial charge in [0.1, 0.15) is 0 Å². The smallest absolute Gasteiger partial charge is 0.0648 e. The van der Waals surface area contributed by atoms with Crippen LogP contribution in [0.4, 0.5) is 0 Å². The molecule has 2 heterocycles. The van der Waals surface area contributed by atoms with Crippen LogP contribution in [-0.4, -0.2) is 9.13 Å². The van der Waals surface area contributed by atoms with E-state index in [1.54, 1.807) is 0 Å². The molecule has 0 spiro atoms. The highest BCUT2D eigenvalue weighted by Gasteiger charge is 2.30. The van der Waals surface area contributed by atoms with E-state index in [1.807, 2.05) is 0 Å². The Morgan fingerprint density at radius 2 is 0.863 bits per heavy atom. The molecular formula is C49H32N2. The van der Waals surface area contributed by atoms with E-state index in [0.717, 1.165) is 9.13 Å². The number of hydrogen-bond acceptors (Lipinski definition) is 0. The fraction of sp³-hybridized carbons (Fsp3) is 0.0204. The summed E-state index contributed by atoms with van der Waals surface area (Å²) in [5, 5.41) is -2.51. The maximum Gasteiger partial charge on any atom is 0.0648 e. The lowest BCUT2D eigenvalue weighted by atomic mass is 9.89. The third-order valence-electron chi connectivity index (χ3n) is 8.68. The highest BCUT2D eigenvalue weighted by Crippen LogP contribution is 2.49. The average molecular weight is 680 g/mol. The molecule has 51 heavy (non-hydrogen) atoms. The van der Waals surface area contributed by atoms with Crippen molar-refractivity contribution in [2.45, 2.75) is 5.92 Å². The second-order valence-electron chi connectivity index (χ2n) is 11.3. The Kier molecular flexibility index (Phi) is 2.45. The van der Waals surface area contributed by atoms with Crippen LogP contribution in [0.1, 0.15) is 65.1 Å². The molecular weight excluding hydrogens is 617 g/mol. The van der Waals surface area contributed by atoms with Crippen molar-refractivity contribution in [3.8, 4) is 33.6 Å². The van der Waals surface area contributed by atoms with Crippen molar-refractivity contribution < 1.29 is 42.5 Å². The second kappa shape index (κ2) is 10.9. The summed E-state index contributed by atoms with van der Waals surface area (Å²) in [6.45, 7) is 0. The number of para-hydroxylation sites is 3. The molecule has 238 valence electrons. The van der Waals surface area contributed by atoms with Gasteiger partial charge in [0, 0.05) is 38.8 Å². The first-order valence-electron chi connectivity index (χ1n) is 30.7. The van der Waals surface area contributed by atoms with Crippen LogP contribution < -0.4 is 0 Å². The summed E-state index contributed by atoms with van der Waals surface area (Å²) in [6, 6.07) is -28.6. The lowest BCUT2D eigenvalue weighted by Crippen LogP contribution is -2.01. The largest absolute Gasteiger partial charge is 0.309 e. The van der Waals surface area contributed by atoms with E-state index in [2.05, 4.69) is 0 Å². The third kappa shape index (κ3) is 4.17. The van der Waals surface area contributed by atoms with Crippen molar-refractivity contribution in [1.82, 2.24) is 9.13 Å². The molecule has 2 aromatic heterocycles. The fourth-order valence-corrected chi connectivity index (χ4v) is 6.59. The summed E-state index contributed by atoms with van der Waals surface area (Å²) >= 11 is 0. The van der Waals surface area contributed by atoms with E-state index in [4.69, 9.17) is 27.4 Å². The highest BCUT2D eigenvalue weighted by molar-refractivity contribution is 6.12. The molecule has 0 N–H and O–H groups in total. The fourth-order valence-electron chi connectivity index (χ4n) is 6.59. The zero-order valence-corrected chi connectivity index (χ0v) is 25.5. The summed E-state index contributed by atoms with van der Waals surface area (Å²) in [4.78, 5) is 0. The van der Waals surface area contributed by atoms with Crippen LogP contribution in [0.5, 0.6) is 0 Å². The van der Waals surface area contributed by atoms with Gasteiger partial charge in [0.05, 0.1) is 64.6 Å². The first-order valence-corrected chi connectivity index (χ1v) is 15.2. The summed E-state index contributed by atoms with van der Waals surface area (Å²) < 4.78 is 282. The van der Waals surface area contributed by atoms with Crippen molar-refractivity contribution >= 4 is 43.6 Å². The first kappa shape index (κ1) is 11.4. The molecule has 1 aliphatic carbocycles. The Hall–Kier alpha value is -6.64. The molecule has 8 aromatic carbocycles. The second-order valence-corrected chi connectivity index (χ2v) is 11.3. The third-order valence-corrected chi connectivity index (χ3v) is 8.68. The van der Waals surface area contributed by atoms with Crippen LogP contribution in [-0.2, 0) is 0 Å². The maximum absolute atomic E-state index is 10.0. The predicted octanol–water partition coefficient (Wildman–Crippen LogP) is 12.7. The van der Waals surface area contributed by atoms with E-state index in [9.17, 15) is 15.1 Å². The molecule has 0 bridgehead atoms. The van der Waals surface area contributed by atoms with Crippen molar-refractivity contribution in [1.29, 1.82) is 0 Å². The lowest BCUT2D eigenvalue weighted by Gasteiger charge is -2.16. The van der Waals surface area contributed by atoms with E-state index in [0.29, 0.717) is 0 Å². The van der Waals surface area contributed by atoms with Gasteiger partial charge in [0.25, 0.3) is 0 Å². The normalized spacial score (nSPS) is 22.2. The Morgan fingerprint density at radius 3 is 1.53 bits per heavy atom. The van der Waals surface area contributed by atoms with Crippen molar-refractivity contribution in [2.24, 2.45) is 0 Å². The quantitative estimate of drug-likeness (QED) is 0.175. The van der Waals surface area contributed by atoms with E-state index in [1.165, 1.54) is 0 Å². The van der Waals surface area contributed by atoms with Gasteiger partial charge in [-0.15, -0.1) is 0 Å². The molecule has 0 radical (unpaired) electrons. The van der Waals surface area contributed by atoms with Gasteiger partial charge in [0.2, 0.25) is 0 Å². The number of rotatable bonds is 4. The number of fused-ring (bicyclic) bond motifs is 9. The zero-order chi connectivity index (χ0) is 60.4. The molecule has 0 fully saturated rings. The Labute approximate surface area is 339 Å². The van der Waals surface area contributed by atoms with Crippen molar-refractivity contribution in [2.75, 3.05) is 0 Å². The SMILES string of the molecule is [2H]c1c([2H])c([2H])c(C2c3c([2H])c([2H])c([2H])c([2H])c3-c3c([2H])c([2H])c(-n4c5c([2H])c([2H])c([2H])c([2H])c5c5c([2H])c(-c6c([2H])c([2H])c7c(c6[2H])c6c([2H])c([2H])c([2H])c([2H])c6n7-c6c([2H])c([2H])c([2H])c([2H])c6[2H])c([2H])c([2H])c54)c([2H])c32)c([2H])c1[2H]. The number of hydrogen-bond donors (Lipinski definition) is 0. The average Bonchev–Trinajstić information content (AvgIpc) is 1.62. The van der Waals surface area contributed by atoms with Crippen LogP contribution in [0.2, 0.25) is 0 Å². The number of aromatic nitrogens is 2. The summed E-state index contributed by atoms with van der Waals surface area (Å²) in [5.74, 6) is -1.92. The molecule has 0 amide bonds. The van der Waals surface area contributed by atoms with Gasteiger partial charge in [-0.2, -0.15) is 0 Å². The van der Waals surface area contributed by atoms with Crippen LogP contribution >= 0.6 is 0 Å². The van der Waals surface area contributed by atoms with Gasteiger partial charge >= 0.3 is 0 Å². The molecule has 2 heteroatoms. The van der Waals surface area contributed by atoms with E-state index >= 15 is 0 Å². The molecule has 11 rings (SSSR count). The molecule has 2 nitrogen and oxygen atoms in total. The predicted molar refractivity (Wildman–Crippen MR) is 213 cm³/mol. The van der Waals surface area contributed by atoms with Crippen molar-refractivity contribution in [3.63, 3.8) is 0 Å². The minimum Gasteiger partial charge on any atom is -0.309 e. The van der Waals surface area contributed by atoms with Crippen LogP contribution in [0.3, 0.4) is 0 Å². The highest BCUT2D eigenvalue weighted by atomic mass is 15.0. The summed E-state index contributed by atoms with van der Waals surface area (Å²) in [5.41, 5.74) is -8.59. The van der Waals surface area contributed by atoms with Crippen LogP contribution in [0.25, 0.3) is 77.2 Å². The van der Waals surface area contributed by atoms with Crippen molar-refractivity contribution in [3.05, 3.63) is 204 Å². The first-order chi connectivity index (χ1) is 38.2. The van der Waals surface area contributed by atoms with E-state index < -0.39 is 287 Å². The van der Waals surface area contributed by atoms with Gasteiger partial charge in [0.15, 0.2) is 0 Å². The lowest BCUT2D eigenvalue weighted by molar-refractivity contribution is 1.01. The van der Waals surface area contributed by atoms with Gasteiger partial charge in [-0.25, -0.2) is 0 Å². The van der Waals surface area contributed by atoms with Gasteiger partial charge < -0.3 is 9.13 Å². The van der Waals surface area contributed by atoms with E-state index in [-0.39, 0.29) is 0 Å². The van der Waals surface area contributed by atoms with Crippen LogP contribution in [0, 0.1) is 0 Å². The van der Waals surface area contributed by atoms with Crippen LogP contribution in [0.15, 0.2) is 187 Å². The van der Waals surface area contributed by atoms with Gasteiger partial charge in [-0.1, -0.05) is 127 Å². The minimum atomic E-state index is -1.92. The number of benzene rings is 8. The Morgan fingerprint density at radius 1 is 0.353 bits per heavy atom. The molecule has 0 saturated carbocycles. The Balaban J connectivity index is 1.33. The topological polar surface area (TPSA) is 9.86 Å². The summed E-state index contributed by atoms with van der Waals surface area (Å²) in [6.07, 6.45) is 0. The summed E-state index contributed by atoms with van der Waals surface area (Å²) in [7, 11) is 0. The Bertz CT molecular complexity index is 4710. The van der Waals surface area contributed by atoms with Gasteiger partial charge in [-0.05, 0) is 99.4 Å². The standard InChI is InChI=1S/C49H32N2/c1-3-13-32(14-4-1)49-41-20-8-7-17-37(41)38-26-25-36(31-44(38)49)51-46-22-12-10-19-40(46)43-30-34(24-28-48(43)51)33-23-27-47-42(29-33)39-18-9-11-21-45(39)50(47)35-15-5-2-6-16-35/h1-31,49H/i1D,2D,3D,4D,5D,6D,7D,8D,9D,10D,11D,12D,13D,14D,15D,16D,17D,18D,19D,20D,21D,22D,23D,24D,25D,26D,27D,28D,29D,30D,31D. The van der Waals surface area contributed by atoms with Gasteiger partial charge in [-0.3, -0.25) is 0 Å². The minimum absolute atomic E-state index is 0.454. The molecule has 0 saturated heterocycles. The molecule has 1 aliphatic rings. The molecule has 1 unspecified atom stereocenters.